The third-order valence-electron chi connectivity index (χ3n) is 4.48. The van der Waals surface area contributed by atoms with Crippen LogP contribution in [0.4, 0.5) is 0 Å². The molecule has 10 nitrogen and oxygen atoms in total. The van der Waals surface area contributed by atoms with Crippen LogP contribution in [0.15, 0.2) is 4.99 Å². The summed E-state index contributed by atoms with van der Waals surface area (Å²) in [5, 5.41) is 14.7. The molecule has 0 aliphatic heterocycles. The molecule has 2 amide bonds. The zero-order valence-electron chi connectivity index (χ0n) is 17.6. The normalized spacial score (nSPS) is 12.8. The molecule has 0 heterocycles. The SMILES string of the molecule is NCCCC(N)CCCNC(=O)C(O)NC(=O)CCCCCCCCN=C(N)N. The first-order chi connectivity index (χ1) is 13.9. The van der Waals surface area contributed by atoms with Gasteiger partial charge in [0.25, 0.3) is 5.91 Å². The quantitative estimate of drug-likeness (QED) is 0.0670. The van der Waals surface area contributed by atoms with Gasteiger partial charge in [0.2, 0.25) is 12.1 Å². The van der Waals surface area contributed by atoms with Crippen molar-refractivity contribution in [1.29, 1.82) is 0 Å². The fourth-order valence-corrected chi connectivity index (χ4v) is 2.80. The minimum atomic E-state index is -1.52. The molecule has 10 heteroatoms. The minimum Gasteiger partial charge on any atom is -0.370 e. The van der Waals surface area contributed by atoms with Crippen molar-refractivity contribution >= 4 is 17.8 Å². The summed E-state index contributed by atoms with van der Waals surface area (Å²) in [4.78, 5) is 27.5. The molecule has 170 valence electrons. The van der Waals surface area contributed by atoms with Crippen LogP contribution >= 0.6 is 0 Å². The van der Waals surface area contributed by atoms with Gasteiger partial charge in [-0.3, -0.25) is 14.6 Å². The molecule has 0 saturated carbocycles. The van der Waals surface area contributed by atoms with Crippen LogP contribution < -0.4 is 33.6 Å². The smallest absolute Gasteiger partial charge is 0.269 e. The number of hydrogen-bond donors (Lipinski definition) is 7. The van der Waals surface area contributed by atoms with Crippen LogP contribution in [0.25, 0.3) is 0 Å². The molecule has 0 radical (unpaired) electrons. The van der Waals surface area contributed by atoms with Gasteiger partial charge in [0.05, 0.1) is 0 Å². The monoisotopic (exact) mass is 415 g/mol. The number of carbonyl (C=O) groups excluding carboxylic acids is 2. The molecule has 29 heavy (non-hydrogen) atoms. The van der Waals surface area contributed by atoms with Crippen molar-refractivity contribution < 1.29 is 14.7 Å². The predicted molar refractivity (Wildman–Crippen MR) is 116 cm³/mol. The van der Waals surface area contributed by atoms with Gasteiger partial charge in [-0.2, -0.15) is 0 Å². The third kappa shape index (κ3) is 17.9. The number of nitrogens with two attached hydrogens (primary N) is 4. The van der Waals surface area contributed by atoms with Crippen molar-refractivity contribution in [3.8, 4) is 0 Å². The molecule has 0 rings (SSSR count). The van der Waals surface area contributed by atoms with Crippen molar-refractivity contribution in [3.63, 3.8) is 0 Å². The van der Waals surface area contributed by atoms with Gasteiger partial charge in [0.15, 0.2) is 5.96 Å². The maximum Gasteiger partial charge on any atom is 0.269 e. The molecular weight excluding hydrogens is 374 g/mol. The molecule has 2 atom stereocenters. The van der Waals surface area contributed by atoms with Gasteiger partial charge in [-0.25, -0.2) is 0 Å². The Bertz CT molecular complexity index is 471. The van der Waals surface area contributed by atoms with Crippen LogP contribution in [0.5, 0.6) is 0 Å². The van der Waals surface area contributed by atoms with Crippen molar-refractivity contribution in [1.82, 2.24) is 10.6 Å². The van der Waals surface area contributed by atoms with Crippen LogP contribution in [0, 0.1) is 0 Å². The molecular formula is C19H41N7O3. The van der Waals surface area contributed by atoms with Crippen molar-refractivity contribution in [2.45, 2.75) is 82.9 Å². The Hall–Kier alpha value is -1.91. The average molecular weight is 416 g/mol. The van der Waals surface area contributed by atoms with Crippen LogP contribution in [0.2, 0.25) is 0 Å². The lowest BCUT2D eigenvalue weighted by atomic mass is 10.1. The Kier molecular flexibility index (Phi) is 16.9. The number of aliphatic imine (C=N–C) groups is 1. The zero-order valence-corrected chi connectivity index (χ0v) is 17.6. The van der Waals surface area contributed by atoms with Gasteiger partial charge in [0.1, 0.15) is 0 Å². The van der Waals surface area contributed by atoms with Crippen LogP contribution in [-0.2, 0) is 9.59 Å². The number of nitrogens with zero attached hydrogens (tertiary/aromatic N) is 1. The lowest BCUT2D eigenvalue weighted by Crippen LogP contribution is -2.46. The lowest BCUT2D eigenvalue weighted by molar-refractivity contribution is -0.136. The number of amides is 2. The van der Waals surface area contributed by atoms with Crippen molar-refractivity contribution in [2.24, 2.45) is 27.9 Å². The first-order valence-electron chi connectivity index (χ1n) is 10.6. The van der Waals surface area contributed by atoms with Gasteiger partial charge in [0, 0.05) is 25.6 Å². The van der Waals surface area contributed by atoms with Crippen molar-refractivity contribution in [3.05, 3.63) is 0 Å². The lowest BCUT2D eigenvalue weighted by Gasteiger charge is -2.14. The van der Waals surface area contributed by atoms with E-state index in [1.54, 1.807) is 0 Å². The van der Waals surface area contributed by atoms with E-state index in [4.69, 9.17) is 22.9 Å². The number of nitrogens with one attached hydrogen (secondary N) is 2. The molecule has 0 saturated heterocycles. The molecule has 0 aromatic carbocycles. The number of aliphatic hydroxyl groups excluding tert-OH is 1. The molecule has 0 aliphatic rings. The van der Waals surface area contributed by atoms with Crippen molar-refractivity contribution in [2.75, 3.05) is 19.6 Å². The molecule has 0 aliphatic carbocycles. The molecule has 0 aromatic heterocycles. The maximum absolute atomic E-state index is 11.8. The summed E-state index contributed by atoms with van der Waals surface area (Å²) in [7, 11) is 0. The summed E-state index contributed by atoms with van der Waals surface area (Å²) in [5.74, 6) is -0.812. The van der Waals surface area contributed by atoms with Gasteiger partial charge in [-0.05, 0) is 45.1 Å². The van der Waals surface area contributed by atoms with Crippen LogP contribution in [0.1, 0.15) is 70.6 Å². The molecule has 0 fully saturated rings. The second-order valence-corrected chi connectivity index (χ2v) is 7.27. The van der Waals surface area contributed by atoms with E-state index in [9.17, 15) is 14.7 Å². The van der Waals surface area contributed by atoms with Crippen LogP contribution in [0.3, 0.4) is 0 Å². The minimum absolute atomic E-state index is 0.0679. The van der Waals surface area contributed by atoms with E-state index in [1.165, 1.54) is 0 Å². The summed E-state index contributed by atoms with van der Waals surface area (Å²) < 4.78 is 0. The highest BCUT2D eigenvalue weighted by molar-refractivity contribution is 5.86. The standard InChI is InChI=1S/C19H41N7O3/c20-12-7-9-15(21)10-8-14-24-17(28)18(29)26-16(27)11-5-3-1-2-4-6-13-25-19(22)23/h15,18,29H,1-14,20-21H2,(H,24,28)(H,26,27)(H4,22,23,25). The molecule has 0 aromatic rings. The fraction of sp³-hybridized carbons (Fsp3) is 0.842. The molecule has 2 unspecified atom stereocenters. The molecule has 0 bridgehead atoms. The summed E-state index contributed by atoms with van der Waals surface area (Å²) in [6.45, 7) is 1.67. The summed E-state index contributed by atoms with van der Waals surface area (Å²) in [6.07, 6.45) is 7.70. The van der Waals surface area contributed by atoms with E-state index in [1.807, 2.05) is 0 Å². The van der Waals surface area contributed by atoms with Gasteiger partial charge >= 0.3 is 0 Å². The van der Waals surface area contributed by atoms with E-state index in [2.05, 4.69) is 15.6 Å². The summed E-state index contributed by atoms with van der Waals surface area (Å²) >= 11 is 0. The Morgan fingerprint density at radius 2 is 1.55 bits per heavy atom. The Labute approximate surface area is 174 Å². The highest BCUT2D eigenvalue weighted by Crippen LogP contribution is 2.07. The zero-order chi connectivity index (χ0) is 21.9. The molecule has 11 N–H and O–H groups in total. The van der Waals surface area contributed by atoms with E-state index in [0.29, 0.717) is 26.1 Å². The van der Waals surface area contributed by atoms with E-state index >= 15 is 0 Å². The van der Waals surface area contributed by atoms with E-state index < -0.39 is 12.1 Å². The number of guanidine groups is 1. The second-order valence-electron chi connectivity index (χ2n) is 7.27. The van der Waals surface area contributed by atoms with E-state index in [-0.39, 0.29) is 24.3 Å². The number of aliphatic hydroxyl groups is 1. The third-order valence-corrected chi connectivity index (χ3v) is 4.48. The number of carbonyl (C=O) groups is 2. The average Bonchev–Trinajstić information content (AvgIpc) is 2.67. The van der Waals surface area contributed by atoms with Gasteiger partial charge < -0.3 is 38.7 Å². The van der Waals surface area contributed by atoms with E-state index in [0.717, 1.165) is 57.8 Å². The summed E-state index contributed by atoms with van der Waals surface area (Å²) in [5.41, 5.74) is 21.9. The second kappa shape index (κ2) is 18.1. The van der Waals surface area contributed by atoms with Gasteiger partial charge in [-0.15, -0.1) is 0 Å². The summed E-state index contributed by atoms with van der Waals surface area (Å²) in [6, 6.07) is 0.0679. The Balaban J connectivity index is 3.64. The van der Waals surface area contributed by atoms with Gasteiger partial charge in [-0.1, -0.05) is 25.7 Å². The van der Waals surface area contributed by atoms with Crippen LogP contribution in [-0.4, -0.2) is 54.8 Å². The first-order valence-corrected chi connectivity index (χ1v) is 10.6. The Morgan fingerprint density at radius 3 is 2.21 bits per heavy atom. The highest BCUT2D eigenvalue weighted by atomic mass is 16.3. The Morgan fingerprint density at radius 1 is 0.931 bits per heavy atom. The topological polar surface area (TPSA) is 195 Å². The number of rotatable bonds is 18. The highest BCUT2D eigenvalue weighted by Gasteiger charge is 2.16. The first kappa shape index (κ1) is 27.1. The number of hydrogen-bond acceptors (Lipinski definition) is 6. The largest absolute Gasteiger partial charge is 0.370 e. The number of unbranched alkanes of at least 4 members (excludes halogenated alkanes) is 5. The predicted octanol–water partition coefficient (Wildman–Crippen LogP) is -0.612. The molecule has 0 spiro atoms. The fourth-order valence-electron chi connectivity index (χ4n) is 2.80. The maximum atomic E-state index is 11.8.